The highest BCUT2D eigenvalue weighted by molar-refractivity contribution is 5.74. The van der Waals surface area contributed by atoms with E-state index >= 15 is 0 Å². The fourth-order valence-electron chi connectivity index (χ4n) is 4.89. The Balaban J connectivity index is 1.96. The zero-order valence-electron chi connectivity index (χ0n) is 10.3. The molecule has 0 aromatic carbocycles. The first-order chi connectivity index (χ1) is 8.04. The number of methoxy groups -OCH3 is 1. The summed E-state index contributed by atoms with van der Waals surface area (Å²) in [6.07, 6.45) is 1.42. The van der Waals surface area contributed by atoms with E-state index in [2.05, 4.69) is 6.92 Å². The van der Waals surface area contributed by atoms with Gasteiger partial charge in [-0.25, -0.2) is 0 Å². The molecule has 0 aliphatic heterocycles. The number of ether oxygens (including phenoxy) is 1. The summed E-state index contributed by atoms with van der Waals surface area (Å²) >= 11 is 0. The highest BCUT2D eigenvalue weighted by Crippen LogP contribution is 2.73. The van der Waals surface area contributed by atoms with Gasteiger partial charge >= 0.3 is 5.97 Å². The maximum atomic E-state index is 11.9. The Hall–Kier alpha value is -0.610. The number of esters is 1. The van der Waals surface area contributed by atoms with Crippen molar-refractivity contribution < 1.29 is 19.7 Å². The number of rotatable bonds is 2. The molecule has 4 saturated carbocycles. The van der Waals surface area contributed by atoms with Gasteiger partial charge in [-0.3, -0.25) is 4.79 Å². The zero-order chi connectivity index (χ0) is 12.4. The van der Waals surface area contributed by atoms with Gasteiger partial charge in [-0.05, 0) is 36.0 Å². The van der Waals surface area contributed by atoms with Gasteiger partial charge in [0.25, 0.3) is 0 Å². The Morgan fingerprint density at radius 3 is 2.82 bits per heavy atom. The second-order valence-electron chi connectivity index (χ2n) is 6.20. The molecule has 0 heterocycles. The van der Waals surface area contributed by atoms with Gasteiger partial charge < -0.3 is 14.9 Å². The smallest absolute Gasteiger partial charge is 0.309 e. The molecule has 0 spiro atoms. The lowest BCUT2D eigenvalue weighted by atomic mass is 9.54. The molecule has 0 radical (unpaired) electrons. The molecule has 0 saturated heterocycles. The highest BCUT2D eigenvalue weighted by atomic mass is 16.5. The third-order valence-corrected chi connectivity index (χ3v) is 5.62. The van der Waals surface area contributed by atoms with E-state index in [-0.39, 0.29) is 47.8 Å². The number of aliphatic hydroxyl groups excluding tert-OH is 2. The monoisotopic (exact) mass is 240 g/mol. The van der Waals surface area contributed by atoms with Crippen LogP contribution in [-0.2, 0) is 9.53 Å². The minimum absolute atomic E-state index is 0.0275. The van der Waals surface area contributed by atoms with Crippen molar-refractivity contribution in [1.82, 2.24) is 0 Å². The summed E-state index contributed by atoms with van der Waals surface area (Å²) in [6.45, 7) is 2.16. The molecule has 17 heavy (non-hydrogen) atoms. The Morgan fingerprint density at radius 1 is 1.53 bits per heavy atom. The number of hydrogen-bond acceptors (Lipinski definition) is 4. The van der Waals surface area contributed by atoms with Crippen LogP contribution in [0.4, 0.5) is 0 Å². The summed E-state index contributed by atoms with van der Waals surface area (Å²) in [5.74, 6) is 0.262. The Kier molecular flexibility index (Phi) is 2.33. The van der Waals surface area contributed by atoms with Crippen molar-refractivity contribution in [2.75, 3.05) is 13.7 Å². The third-order valence-electron chi connectivity index (χ3n) is 5.62. The van der Waals surface area contributed by atoms with Crippen molar-refractivity contribution in [1.29, 1.82) is 0 Å². The number of carbonyl (C=O) groups excluding carboxylic acids is 1. The molecule has 4 rings (SSSR count). The summed E-state index contributed by atoms with van der Waals surface area (Å²) in [7, 11) is 1.40. The molecule has 4 aliphatic rings. The van der Waals surface area contributed by atoms with Crippen LogP contribution in [0.3, 0.4) is 0 Å². The third kappa shape index (κ3) is 1.28. The topological polar surface area (TPSA) is 66.8 Å². The molecule has 4 heteroatoms. The van der Waals surface area contributed by atoms with Crippen molar-refractivity contribution in [2.45, 2.75) is 25.9 Å². The van der Waals surface area contributed by atoms with Crippen LogP contribution in [0.2, 0.25) is 0 Å². The van der Waals surface area contributed by atoms with Gasteiger partial charge in [0.1, 0.15) is 0 Å². The van der Waals surface area contributed by atoms with E-state index in [4.69, 9.17) is 4.74 Å². The van der Waals surface area contributed by atoms with E-state index in [1.54, 1.807) is 0 Å². The molecule has 96 valence electrons. The van der Waals surface area contributed by atoms with Gasteiger partial charge in [0, 0.05) is 12.5 Å². The first-order valence-corrected chi connectivity index (χ1v) is 6.41. The number of fused-ring (bicyclic) bond motifs is 2. The normalized spacial score (nSPS) is 55.3. The zero-order valence-corrected chi connectivity index (χ0v) is 10.3. The fraction of sp³-hybridized carbons (Fsp3) is 0.923. The highest BCUT2D eigenvalue weighted by Gasteiger charge is 2.72. The molecule has 4 fully saturated rings. The number of aliphatic hydroxyl groups is 2. The van der Waals surface area contributed by atoms with Crippen LogP contribution in [0.5, 0.6) is 0 Å². The SMILES string of the molecule is COC(=O)C1C2CC(O)C(C1CO)C1(C)CC21. The minimum atomic E-state index is -0.359. The lowest BCUT2D eigenvalue weighted by Gasteiger charge is -2.52. The predicted octanol–water partition coefficient (Wildman–Crippen LogP) is 0.421. The molecular weight excluding hydrogens is 220 g/mol. The second kappa shape index (κ2) is 3.45. The molecule has 0 amide bonds. The summed E-state index contributed by atoms with van der Waals surface area (Å²) in [5.41, 5.74) is 0.153. The van der Waals surface area contributed by atoms with Crippen molar-refractivity contribution in [3.05, 3.63) is 0 Å². The molecule has 7 unspecified atom stereocenters. The maximum Gasteiger partial charge on any atom is 0.309 e. The van der Waals surface area contributed by atoms with Gasteiger partial charge in [-0.1, -0.05) is 6.92 Å². The van der Waals surface area contributed by atoms with E-state index in [1.165, 1.54) is 7.11 Å². The van der Waals surface area contributed by atoms with Crippen LogP contribution in [0.15, 0.2) is 0 Å². The molecule has 0 aromatic rings. The Morgan fingerprint density at radius 2 is 2.24 bits per heavy atom. The summed E-state index contributed by atoms with van der Waals surface area (Å²) < 4.78 is 4.88. The Labute approximate surface area is 101 Å². The minimum Gasteiger partial charge on any atom is -0.469 e. The fourth-order valence-corrected chi connectivity index (χ4v) is 4.89. The average molecular weight is 240 g/mol. The summed E-state index contributed by atoms with van der Waals surface area (Å²) in [6, 6.07) is 0. The molecule has 4 aliphatic carbocycles. The van der Waals surface area contributed by atoms with Crippen LogP contribution in [0, 0.1) is 35.0 Å². The van der Waals surface area contributed by atoms with E-state index in [0.717, 1.165) is 6.42 Å². The number of hydrogen-bond donors (Lipinski definition) is 2. The molecule has 2 bridgehead atoms. The standard InChI is InChI=1S/C13H20O4/c1-13-4-8(13)6-3-9(15)11(13)7(5-14)10(6)12(16)17-2/h6-11,14-15H,3-5H2,1-2H3. The van der Waals surface area contributed by atoms with Gasteiger partial charge in [0.2, 0.25) is 0 Å². The van der Waals surface area contributed by atoms with Crippen LogP contribution in [0.25, 0.3) is 0 Å². The molecule has 4 nitrogen and oxygen atoms in total. The van der Waals surface area contributed by atoms with Gasteiger partial charge in [0.15, 0.2) is 0 Å². The summed E-state index contributed by atoms with van der Waals surface area (Å²) in [4.78, 5) is 11.9. The largest absolute Gasteiger partial charge is 0.469 e. The first kappa shape index (κ1) is 11.5. The van der Waals surface area contributed by atoms with E-state index in [1.807, 2.05) is 0 Å². The van der Waals surface area contributed by atoms with E-state index in [9.17, 15) is 15.0 Å². The maximum absolute atomic E-state index is 11.9. The van der Waals surface area contributed by atoms with E-state index in [0.29, 0.717) is 12.3 Å². The molecule has 7 atom stereocenters. The Bertz CT molecular complexity index is 355. The van der Waals surface area contributed by atoms with Crippen LogP contribution < -0.4 is 0 Å². The van der Waals surface area contributed by atoms with Crippen molar-refractivity contribution in [3.8, 4) is 0 Å². The quantitative estimate of drug-likeness (QED) is 0.687. The van der Waals surface area contributed by atoms with Crippen LogP contribution >= 0.6 is 0 Å². The van der Waals surface area contributed by atoms with Crippen LogP contribution in [0.1, 0.15) is 19.8 Å². The lowest BCUT2D eigenvalue weighted by Crippen LogP contribution is -2.56. The number of carbonyl (C=O) groups is 1. The molecule has 0 aromatic heterocycles. The van der Waals surface area contributed by atoms with Gasteiger partial charge in [0.05, 0.1) is 19.1 Å². The van der Waals surface area contributed by atoms with E-state index < -0.39 is 0 Å². The van der Waals surface area contributed by atoms with Crippen LogP contribution in [-0.4, -0.2) is 36.0 Å². The van der Waals surface area contributed by atoms with Crippen molar-refractivity contribution >= 4 is 5.97 Å². The molecule has 2 N–H and O–H groups in total. The first-order valence-electron chi connectivity index (χ1n) is 6.41. The summed E-state index contributed by atoms with van der Waals surface area (Å²) in [5, 5.41) is 19.7. The second-order valence-corrected chi connectivity index (χ2v) is 6.20. The predicted molar refractivity (Wildman–Crippen MR) is 59.9 cm³/mol. The lowest BCUT2D eigenvalue weighted by molar-refractivity contribution is -0.172. The van der Waals surface area contributed by atoms with Crippen molar-refractivity contribution in [2.24, 2.45) is 35.0 Å². The van der Waals surface area contributed by atoms with Gasteiger partial charge in [-0.2, -0.15) is 0 Å². The average Bonchev–Trinajstić information content (AvgIpc) is 3.01. The van der Waals surface area contributed by atoms with Gasteiger partial charge in [-0.15, -0.1) is 0 Å². The van der Waals surface area contributed by atoms with Crippen molar-refractivity contribution in [3.63, 3.8) is 0 Å². The molecular formula is C13H20O4.